The van der Waals surface area contributed by atoms with E-state index in [-0.39, 0.29) is 24.0 Å². The van der Waals surface area contributed by atoms with E-state index in [0.717, 1.165) is 25.9 Å². The Morgan fingerprint density at radius 1 is 1.33 bits per heavy atom. The normalized spacial score (nSPS) is 36.9. The molecule has 15 heavy (non-hydrogen) atoms. The molecule has 0 aromatic rings. The van der Waals surface area contributed by atoms with Crippen LogP contribution in [0.2, 0.25) is 0 Å². The van der Waals surface area contributed by atoms with Crippen LogP contribution in [0.25, 0.3) is 0 Å². The van der Waals surface area contributed by atoms with E-state index in [4.69, 9.17) is 4.74 Å². The van der Waals surface area contributed by atoms with Gasteiger partial charge in [0.2, 0.25) is 5.91 Å². The molecule has 1 N–H and O–H groups in total. The van der Waals surface area contributed by atoms with Crippen LogP contribution in [0.15, 0.2) is 0 Å². The second-order valence-electron chi connectivity index (χ2n) is 4.59. The van der Waals surface area contributed by atoms with E-state index in [9.17, 15) is 4.79 Å². The smallest absolute Gasteiger partial charge is 0.240 e. The summed E-state index contributed by atoms with van der Waals surface area (Å²) in [5.74, 6) is 0.516. The van der Waals surface area contributed by atoms with Gasteiger partial charge in [-0.1, -0.05) is 6.92 Å². The third kappa shape index (κ3) is 2.16. The topological polar surface area (TPSA) is 41.6 Å². The molecule has 3 atom stereocenters. The van der Waals surface area contributed by atoms with Gasteiger partial charge in [-0.05, 0) is 19.8 Å². The van der Waals surface area contributed by atoms with Crippen molar-refractivity contribution in [3.05, 3.63) is 0 Å². The molecule has 0 bridgehead atoms. The van der Waals surface area contributed by atoms with Crippen LogP contribution < -0.4 is 5.32 Å². The van der Waals surface area contributed by atoms with Crippen molar-refractivity contribution in [1.29, 1.82) is 0 Å². The van der Waals surface area contributed by atoms with Crippen molar-refractivity contribution < 1.29 is 9.53 Å². The number of amides is 1. The molecule has 1 amide bonds. The number of carbonyl (C=O) groups excluding carboxylic acids is 1. The minimum Gasteiger partial charge on any atom is -0.363 e. The molecule has 0 saturated carbocycles. The molecular formula is C11H20N2O2. The molecule has 0 aromatic heterocycles. The first-order valence-electron chi connectivity index (χ1n) is 5.84. The lowest BCUT2D eigenvalue weighted by Gasteiger charge is -2.36. The Balaban J connectivity index is 1.98. The van der Waals surface area contributed by atoms with Crippen LogP contribution in [0.5, 0.6) is 0 Å². The zero-order valence-corrected chi connectivity index (χ0v) is 9.53. The molecule has 86 valence electrons. The van der Waals surface area contributed by atoms with E-state index in [2.05, 4.69) is 12.2 Å². The molecule has 2 fully saturated rings. The monoisotopic (exact) mass is 212 g/mol. The third-order valence-electron chi connectivity index (χ3n) is 3.60. The van der Waals surface area contributed by atoms with Crippen molar-refractivity contribution in [3.8, 4) is 0 Å². The Hall–Kier alpha value is -0.610. The van der Waals surface area contributed by atoms with Gasteiger partial charge in [0.15, 0.2) is 0 Å². The maximum Gasteiger partial charge on any atom is 0.240 e. The summed E-state index contributed by atoms with van der Waals surface area (Å²) in [6.45, 7) is 6.47. The van der Waals surface area contributed by atoms with Crippen LogP contribution in [-0.2, 0) is 9.53 Å². The molecule has 2 rings (SSSR count). The molecular weight excluding hydrogens is 192 g/mol. The summed E-state index contributed by atoms with van der Waals surface area (Å²) >= 11 is 0. The Morgan fingerprint density at radius 2 is 2.00 bits per heavy atom. The highest BCUT2D eigenvalue weighted by atomic mass is 16.5. The molecule has 2 aliphatic heterocycles. The summed E-state index contributed by atoms with van der Waals surface area (Å²) in [5.41, 5.74) is 0. The maximum absolute atomic E-state index is 12.2. The SMILES string of the molecule is C[C@H]1[C@H](C)OCN[C@@H]1C(=O)N1CCCC1. The van der Waals surface area contributed by atoms with E-state index in [1.807, 2.05) is 11.8 Å². The van der Waals surface area contributed by atoms with Gasteiger partial charge in [0.05, 0.1) is 18.9 Å². The quantitative estimate of drug-likeness (QED) is 0.691. The summed E-state index contributed by atoms with van der Waals surface area (Å²) in [6.07, 6.45) is 2.47. The van der Waals surface area contributed by atoms with Crippen molar-refractivity contribution >= 4 is 5.91 Å². The third-order valence-corrected chi connectivity index (χ3v) is 3.60. The zero-order valence-electron chi connectivity index (χ0n) is 9.53. The number of hydrogen-bond acceptors (Lipinski definition) is 3. The number of likely N-dealkylation sites (tertiary alicyclic amines) is 1. The molecule has 4 heteroatoms. The lowest BCUT2D eigenvalue weighted by Crippen LogP contribution is -2.56. The lowest BCUT2D eigenvalue weighted by atomic mass is 9.94. The van der Waals surface area contributed by atoms with Crippen LogP contribution in [0.1, 0.15) is 26.7 Å². The molecule has 0 aromatic carbocycles. The van der Waals surface area contributed by atoms with Crippen LogP contribution >= 0.6 is 0 Å². The fraction of sp³-hybridized carbons (Fsp3) is 0.909. The Morgan fingerprint density at radius 3 is 2.67 bits per heavy atom. The molecule has 2 saturated heterocycles. The summed E-state index contributed by atoms with van der Waals surface area (Å²) < 4.78 is 5.45. The van der Waals surface area contributed by atoms with Crippen molar-refractivity contribution in [3.63, 3.8) is 0 Å². The predicted molar refractivity (Wildman–Crippen MR) is 57.3 cm³/mol. The second kappa shape index (κ2) is 4.49. The molecule has 0 radical (unpaired) electrons. The Bertz CT molecular complexity index is 239. The summed E-state index contributed by atoms with van der Waals surface area (Å²) in [7, 11) is 0. The van der Waals surface area contributed by atoms with Crippen molar-refractivity contribution in [2.75, 3.05) is 19.8 Å². The van der Waals surface area contributed by atoms with Crippen molar-refractivity contribution in [2.24, 2.45) is 5.92 Å². The number of ether oxygens (including phenoxy) is 1. The van der Waals surface area contributed by atoms with E-state index in [0.29, 0.717) is 6.73 Å². The van der Waals surface area contributed by atoms with Crippen molar-refractivity contribution in [1.82, 2.24) is 10.2 Å². The molecule has 4 nitrogen and oxygen atoms in total. The summed E-state index contributed by atoms with van der Waals surface area (Å²) in [6, 6.07) is -0.0492. The number of nitrogens with one attached hydrogen (secondary N) is 1. The standard InChI is InChI=1S/C11H20N2O2/c1-8-9(2)15-7-12-10(8)11(14)13-5-3-4-6-13/h8-10,12H,3-7H2,1-2H3/t8-,9-,10-/m0/s1. The maximum atomic E-state index is 12.2. The summed E-state index contributed by atoms with van der Waals surface area (Å²) in [4.78, 5) is 14.1. The number of nitrogens with zero attached hydrogens (tertiary/aromatic N) is 1. The van der Waals surface area contributed by atoms with Gasteiger partial charge in [-0.2, -0.15) is 0 Å². The first kappa shape index (κ1) is 10.9. The highest BCUT2D eigenvalue weighted by Crippen LogP contribution is 2.19. The van der Waals surface area contributed by atoms with E-state index >= 15 is 0 Å². The van der Waals surface area contributed by atoms with Gasteiger partial charge in [-0.15, -0.1) is 0 Å². The van der Waals surface area contributed by atoms with Crippen LogP contribution in [0.3, 0.4) is 0 Å². The van der Waals surface area contributed by atoms with Crippen LogP contribution in [-0.4, -0.2) is 42.8 Å². The minimum absolute atomic E-state index is 0.0492. The van der Waals surface area contributed by atoms with Crippen LogP contribution in [0.4, 0.5) is 0 Å². The molecule has 0 aliphatic carbocycles. The van der Waals surface area contributed by atoms with Gasteiger partial charge in [0, 0.05) is 19.0 Å². The largest absolute Gasteiger partial charge is 0.363 e. The minimum atomic E-state index is -0.0492. The Kier molecular flexibility index (Phi) is 3.26. The molecule has 0 spiro atoms. The highest BCUT2D eigenvalue weighted by Gasteiger charge is 2.35. The van der Waals surface area contributed by atoms with E-state index in [1.165, 1.54) is 0 Å². The second-order valence-corrected chi connectivity index (χ2v) is 4.59. The molecule has 2 aliphatic rings. The number of rotatable bonds is 1. The summed E-state index contributed by atoms with van der Waals surface area (Å²) in [5, 5.41) is 3.16. The van der Waals surface area contributed by atoms with Gasteiger partial charge < -0.3 is 9.64 Å². The van der Waals surface area contributed by atoms with Gasteiger partial charge in [0.1, 0.15) is 0 Å². The fourth-order valence-electron chi connectivity index (χ4n) is 2.32. The van der Waals surface area contributed by atoms with E-state index < -0.39 is 0 Å². The van der Waals surface area contributed by atoms with Gasteiger partial charge in [0.25, 0.3) is 0 Å². The zero-order chi connectivity index (χ0) is 10.8. The van der Waals surface area contributed by atoms with Crippen LogP contribution in [0, 0.1) is 5.92 Å². The Labute approximate surface area is 91.0 Å². The average Bonchev–Trinajstić information content (AvgIpc) is 2.74. The first-order chi connectivity index (χ1) is 7.20. The highest BCUT2D eigenvalue weighted by molar-refractivity contribution is 5.82. The fourth-order valence-corrected chi connectivity index (χ4v) is 2.32. The van der Waals surface area contributed by atoms with Gasteiger partial charge in [-0.25, -0.2) is 0 Å². The number of carbonyl (C=O) groups is 1. The van der Waals surface area contributed by atoms with Gasteiger partial charge >= 0.3 is 0 Å². The lowest BCUT2D eigenvalue weighted by molar-refractivity contribution is -0.140. The van der Waals surface area contributed by atoms with Gasteiger partial charge in [-0.3, -0.25) is 10.1 Å². The van der Waals surface area contributed by atoms with Crippen molar-refractivity contribution in [2.45, 2.75) is 38.8 Å². The molecule has 2 heterocycles. The number of hydrogen-bond donors (Lipinski definition) is 1. The van der Waals surface area contributed by atoms with E-state index in [1.54, 1.807) is 0 Å². The molecule has 0 unspecified atom stereocenters. The predicted octanol–water partition coefficient (Wildman–Crippen LogP) is 0.579. The first-order valence-corrected chi connectivity index (χ1v) is 5.84. The average molecular weight is 212 g/mol.